The zero-order chi connectivity index (χ0) is 23.8. The van der Waals surface area contributed by atoms with E-state index in [9.17, 15) is 19.5 Å². The predicted octanol–water partition coefficient (Wildman–Crippen LogP) is 0.913. The van der Waals surface area contributed by atoms with E-state index in [0.717, 1.165) is 44.1 Å². The molecule has 3 rings (SSSR count). The van der Waals surface area contributed by atoms with Crippen LogP contribution in [0.5, 0.6) is 5.75 Å². The molecule has 0 unspecified atom stereocenters. The van der Waals surface area contributed by atoms with Gasteiger partial charge in [-0.3, -0.25) is 14.4 Å². The Bertz CT molecular complexity index is 816. The molecule has 0 spiro atoms. The van der Waals surface area contributed by atoms with Crippen molar-refractivity contribution < 1.29 is 19.5 Å². The highest BCUT2D eigenvalue weighted by Gasteiger charge is 2.54. The quantitative estimate of drug-likeness (QED) is 0.293. The number of hydrogen-bond acceptors (Lipinski definition) is 6. The van der Waals surface area contributed by atoms with Crippen LogP contribution in [0.2, 0.25) is 0 Å². The van der Waals surface area contributed by atoms with E-state index < -0.39 is 24.0 Å². The topological polar surface area (TPSA) is 151 Å². The van der Waals surface area contributed by atoms with Gasteiger partial charge in [0, 0.05) is 6.54 Å². The first-order valence-electron chi connectivity index (χ1n) is 12.1. The molecule has 9 heteroatoms. The van der Waals surface area contributed by atoms with Crippen LogP contribution in [0, 0.1) is 5.92 Å². The van der Waals surface area contributed by atoms with Crippen molar-refractivity contribution in [2.75, 3.05) is 19.6 Å². The number of carbonyl (C=O) groups excluding carboxylic acids is 3. The molecule has 0 bridgehead atoms. The van der Waals surface area contributed by atoms with Gasteiger partial charge in [-0.05, 0) is 69.3 Å². The van der Waals surface area contributed by atoms with E-state index >= 15 is 0 Å². The lowest BCUT2D eigenvalue weighted by Gasteiger charge is -2.38. The number of hydrogen-bond donors (Lipinski definition) is 5. The Morgan fingerprint density at radius 2 is 1.70 bits per heavy atom. The molecule has 1 aromatic rings. The number of rotatable bonds is 12. The van der Waals surface area contributed by atoms with Crippen molar-refractivity contribution >= 4 is 17.7 Å². The zero-order valence-corrected chi connectivity index (χ0v) is 19.2. The molecule has 2 heterocycles. The van der Waals surface area contributed by atoms with Gasteiger partial charge in [-0.2, -0.15) is 0 Å². The number of phenols is 1. The lowest BCUT2D eigenvalue weighted by atomic mass is 9.92. The second-order valence-corrected chi connectivity index (χ2v) is 8.98. The molecule has 3 amide bonds. The van der Waals surface area contributed by atoms with Crippen LogP contribution in [-0.2, 0) is 14.4 Å². The molecule has 9 nitrogen and oxygen atoms in total. The summed E-state index contributed by atoms with van der Waals surface area (Å²) in [6.45, 7) is 1.75. The number of nitrogens with two attached hydrogens (primary N) is 2. The third kappa shape index (κ3) is 6.03. The number of carbonyl (C=O) groups is 3. The number of piperazine rings is 1. The van der Waals surface area contributed by atoms with Crippen LogP contribution < -0.4 is 22.1 Å². The monoisotopic (exact) mass is 459 g/mol. The first kappa shape index (κ1) is 25.0. The number of fused-ring (bicyclic) bond motifs is 1. The van der Waals surface area contributed by atoms with Crippen molar-refractivity contribution in [1.29, 1.82) is 0 Å². The normalized spacial score (nSPS) is 24.5. The Balaban J connectivity index is 1.77. The van der Waals surface area contributed by atoms with Crippen LogP contribution in [0.3, 0.4) is 0 Å². The summed E-state index contributed by atoms with van der Waals surface area (Å²) >= 11 is 0. The van der Waals surface area contributed by atoms with Crippen LogP contribution in [0.25, 0.3) is 0 Å². The van der Waals surface area contributed by atoms with E-state index in [1.807, 2.05) is 0 Å². The fraction of sp³-hybridized carbons (Fsp3) is 0.625. The largest absolute Gasteiger partial charge is 0.508 e. The van der Waals surface area contributed by atoms with Crippen LogP contribution >= 0.6 is 0 Å². The molecule has 2 aliphatic heterocycles. The Morgan fingerprint density at radius 1 is 1.03 bits per heavy atom. The van der Waals surface area contributed by atoms with Crippen molar-refractivity contribution in [3.05, 3.63) is 29.8 Å². The minimum Gasteiger partial charge on any atom is -0.508 e. The third-order valence-electron chi connectivity index (χ3n) is 6.61. The van der Waals surface area contributed by atoms with Gasteiger partial charge in [0.05, 0.1) is 12.0 Å². The molecular formula is C24H37N5O4. The molecule has 0 saturated carbocycles. The number of nitrogens with one attached hydrogen (secondary N) is 2. The van der Waals surface area contributed by atoms with Crippen molar-refractivity contribution in [2.45, 2.75) is 69.5 Å². The van der Waals surface area contributed by atoms with E-state index in [2.05, 4.69) is 10.6 Å². The maximum Gasteiger partial charge on any atom is 0.246 e. The van der Waals surface area contributed by atoms with Crippen LogP contribution in [0.15, 0.2) is 24.3 Å². The minimum absolute atomic E-state index is 0.106. The van der Waals surface area contributed by atoms with Crippen LogP contribution in [-0.4, -0.2) is 59.4 Å². The fourth-order valence-electron chi connectivity index (χ4n) is 4.87. The number of unbranched alkanes of at least 4 members (excludes halogenated alkanes) is 4. The van der Waals surface area contributed by atoms with E-state index in [4.69, 9.17) is 11.5 Å². The number of nitrogens with zero attached hydrogens (tertiary/aromatic N) is 1. The smallest absolute Gasteiger partial charge is 0.246 e. The fourth-order valence-corrected chi connectivity index (χ4v) is 4.87. The van der Waals surface area contributed by atoms with Crippen LogP contribution in [0.1, 0.15) is 63.0 Å². The van der Waals surface area contributed by atoms with Crippen molar-refractivity contribution in [1.82, 2.24) is 15.5 Å². The van der Waals surface area contributed by atoms with Gasteiger partial charge in [0.25, 0.3) is 0 Å². The van der Waals surface area contributed by atoms with E-state index in [-0.39, 0.29) is 29.9 Å². The highest BCUT2D eigenvalue weighted by atomic mass is 16.3. The Labute approximate surface area is 195 Å². The van der Waals surface area contributed by atoms with Crippen LogP contribution in [0.4, 0.5) is 0 Å². The second-order valence-electron chi connectivity index (χ2n) is 8.98. The molecule has 33 heavy (non-hydrogen) atoms. The van der Waals surface area contributed by atoms with Crippen molar-refractivity contribution in [2.24, 2.45) is 17.4 Å². The average molecular weight is 460 g/mol. The van der Waals surface area contributed by atoms with Crippen molar-refractivity contribution in [3.63, 3.8) is 0 Å². The molecule has 2 aliphatic rings. The van der Waals surface area contributed by atoms with Gasteiger partial charge < -0.3 is 32.1 Å². The molecule has 7 N–H and O–H groups in total. The third-order valence-corrected chi connectivity index (χ3v) is 6.61. The SMILES string of the molecule is NCCCCCCNC(=O)[C@H]1C[C@H]2C(=O)N[C@@H](CCCCN)C(=O)N2[C@H]1c1ccc(O)cc1. The van der Waals surface area contributed by atoms with Gasteiger partial charge in [0.1, 0.15) is 17.8 Å². The number of phenolic OH excluding ortho intramolecular Hbond substituents is 1. The van der Waals surface area contributed by atoms with E-state index in [1.165, 1.54) is 0 Å². The lowest BCUT2D eigenvalue weighted by Crippen LogP contribution is -2.61. The van der Waals surface area contributed by atoms with Gasteiger partial charge >= 0.3 is 0 Å². The van der Waals surface area contributed by atoms with Gasteiger partial charge in [0.2, 0.25) is 17.7 Å². The molecule has 0 radical (unpaired) electrons. The Hall–Kier alpha value is -2.65. The highest BCUT2D eigenvalue weighted by molar-refractivity contribution is 5.99. The first-order valence-corrected chi connectivity index (χ1v) is 12.1. The molecule has 1 aromatic carbocycles. The summed E-state index contributed by atoms with van der Waals surface area (Å²) in [6.07, 6.45) is 6.17. The van der Waals surface area contributed by atoms with Gasteiger partial charge in [-0.25, -0.2) is 0 Å². The maximum absolute atomic E-state index is 13.4. The van der Waals surface area contributed by atoms with E-state index in [0.29, 0.717) is 26.1 Å². The second kappa shape index (κ2) is 12.0. The molecule has 182 valence electrons. The van der Waals surface area contributed by atoms with E-state index in [1.54, 1.807) is 29.2 Å². The zero-order valence-electron chi connectivity index (χ0n) is 19.2. The summed E-state index contributed by atoms with van der Waals surface area (Å²) in [4.78, 5) is 41.1. The minimum atomic E-state index is -0.678. The number of benzene rings is 1. The highest BCUT2D eigenvalue weighted by Crippen LogP contribution is 2.43. The van der Waals surface area contributed by atoms with Gasteiger partial charge in [-0.1, -0.05) is 25.0 Å². The first-order chi connectivity index (χ1) is 16.0. The summed E-state index contributed by atoms with van der Waals surface area (Å²) < 4.78 is 0. The number of amides is 3. The standard InChI is InChI=1S/C24H37N5O4/c25-12-4-1-2-6-14-27-22(31)18-15-20-23(32)28-19(7-3-5-13-26)24(33)29(20)21(18)16-8-10-17(30)11-9-16/h8-11,18-21,30H,1-7,12-15,25-26H2,(H,27,31)(H,28,32)/t18-,19-,20-,21-/m0/s1. The molecular weight excluding hydrogens is 422 g/mol. The van der Waals surface area contributed by atoms with Gasteiger partial charge in [0.15, 0.2) is 0 Å². The molecule has 4 atom stereocenters. The van der Waals surface area contributed by atoms with Crippen molar-refractivity contribution in [3.8, 4) is 5.75 Å². The molecule has 2 fully saturated rings. The maximum atomic E-state index is 13.4. The Morgan fingerprint density at radius 3 is 2.39 bits per heavy atom. The summed E-state index contributed by atoms with van der Waals surface area (Å²) in [5.41, 5.74) is 11.8. The summed E-state index contributed by atoms with van der Waals surface area (Å²) in [6, 6.07) is 4.69. The lowest BCUT2D eigenvalue weighted by molar-refractivity contribution is -0.149. The average Bonchev–Trinajstić information content (AvgIpc) is 3.21. The Kier molecular flexibility index (Phi) is 9.08. The van der Waals surface area contributed by atoms with Gasteiger partial charge in [-0.15, -0.1) is 0 Å². The predicted molar refractivity (Wildman–Crippen MR) is 125 cm³/mol. The summed E-state index contributed by atoms with van der Waals surface area (Å²) in [7, 11) is 0. The molecule has 0 aromatic heterocycles. The summed E-state index contributed by atoms with van der Waals surface area (Å²) in [5.74, 6) is -0.961. The number of aromatic hydroxyl groups is 1. The molecule has 0 aliphatic carbocycles. The molecule has 2 saturated heterocycles. The summed E-state index contributed by atoms with van der Waals surface area (Å²) in [5, 5.41) is 15.6.